The van der Waals surface area contributed by atoms with Crippen LogP contribution in [0.5, 0.6) is 5.75 Å². The van der Waals surface area contributed by atoms with Crippen LogP contribution in [0.1, 0.15) is 31.1 Å². The van der Waals surface area contributed by atoms with Gasteiger partial charge in [0.15, 0.2) is 5.78 Å². The molecule has 0 amide bonds. The summed E-state index contributed by atoms with van der Waals surface area (Å²) in [6.45, 7) is 6.98. The number of benzene rings is 1. The molecular weight excluding hydrogens is 235 g/mol. The van der Waals surface area contributed by atoms with Crippen molar-refractivity contribution in [3.05, 3.63) is 29.6 Å². The van der Waals surface area contributed by atoms with Gasteiger partial charge in [-0.15, -0.1) is 0 Å². The van der Waals surface area contributed by atoms with Crippen LogP contribution < -0.4 is 4.74 Å². The van der Waals surface area contributed by atoms with E-state index in [2.05, 4.69) is 13.8 Å². The SMILES string of the molecule is CC(=O)c1ccc(OCCOCC(C)C)cc1F. The Morgan fingerprint density at radius 1 is 1.33 bits per heavy atom. The standard InChI is InChI=1S/C14H19FO3/c1-10(2)9-17-6-7-18-12-4-5-13(11(3)16)14(15)8-12/h4-5,8,10H,6-7,9H2,1-3H3. The van der Waals surface area contributed by atoms with Gasteiger partial charge >= 0.3 is 0 Å². The van der Waals surface area contributed by atoms with E-state index in [9.17, 15) is 9.18 Å². The van der Waals surface area contributed by atoms with Crippen LogP contribution in [0.25, 0.3) is 0 Å². The number of Topliss-reactive ketones (excluding diaryl/α,β-unsaturated/α-hetero) is 1. The Morgan fingerprint density at radius 3 is 2.61 bits per heavy atom. The van der Waals surface area contributed by atoms with Gasteiger partial charge in [-0.25, -0.2) is 4.39 Å². The maximum absolute atomic E-state index is 13.4. The van der Waals surface area contributed by atoms with E-state index in [1.165, 1.54) is 19.1 Å². The summed E-state index contributed by atoms with van der Waals surface area (Å²) in [5.41, 5.74) is 0.0819. The molecule has 0 atom stereocenters. The molecule has 0 saturated heterocycles. The zero-order chi connectivity index (χ0) is 13.5. The van der Waals surface area contributed by atoms with Crippen molar-refractivity contribution >= 4 is 5.78 Å². The molecule has 1 aromatic carbocycles. The van der Waals surface area contributed by atoms with Crippen molar-refractivity contribution < 1.29 is 18.7 Å². The second kappa shape index (κ2) is 7.11. The van der Waals surface area contributed by atoms with Crippen molar-refractivity contribution in [3.63, 3.8) is 0 Å². The van der Waals surface area contributed by atoms with Gasteiger partial charge in [-0.1, -0.05) is 13.8 Å². The van der Waals surface area contributed by atoms with E-state index in [-0.39, 0.29) is 11.3 Å². The first-order valence-electron chi connectivity index (χ1n) is 6.01. The number of hydrogen-bond donors (Lipinski definition) is 0. The van der Waals surface area contributed by atoms with Crippen LogP contribution in [0.3, 0.4) is 0 Å². The summed E-state index contributed by atoms with van der Waals surface area (Å²) in [6, 6.07) is 4.24. The van der Waals surface area contributed by atoms with Crippen molar-refractivity contribution in [3.8, 4) is 5.75 Å². The molecule has 1 aromatic rings. The van der Waals surface area contributed by atoms with Crippen LogP contribution in [-0.4, -0.2) is 25.6 Å². The molecule has 0 aliphatic heterocycles. The monoisotopic (exact) mass is 254 g/mol. The van der Waals surface area contributed by atoms with Gasteiger partial charge in [-0.3, -0.25) is 4.79 Å². The molecular formula is C14H19FO3. The van der Waals surface area contributed by atoms with E-state index in [1.54, 1.807) is 6.07 Å². The Hall–Kier alpha value is -1.42. The number of halogens is 1. The van der Waals surface area contributed by atoms with Crippen LogP contribution in [0.15, 0.2) is 18.2 Å². The minimum absolute atomic E-state index is 0.0819. The zero-order valence-electron chi connectivity index (χ0n) is 11.0. The number of rotatable bonds is 7. The van der Waals surface area contributed by atoms with E-state index >= 15 is 0 Å². The summed E-state index contributed by atoms with van der Waals surface area (Å²) in [5.74, 6) is 0.0466. The van der Waals surface area contributed by atoms with Gasteiger partial charge in [0.25, 0.3) is 0 Å². The molecule has 0 aromatic heterocycles. The smallest absolute Gasteiger partial charge is 0.162 e. The van der Waals surface area contributed by atoms with Gasteiger partial charge in [0.2, 0.25) is 0 Å². The molecule has 0 radical (unpaired) electrons. The van der Waals surface area contributed by atoms with E-state index < -0.39 is 5.82 Å². The molecule has 1 rings (SSSR count). The molecule has 0 spiro atoms. The lowest BCUT2D eigenvalue weighted by Gasteiger charge is -2.09. The predicted molar refractivity (Wildman–Crippen MR) is 67.6 cm³/mol. The Morgan fingerprint density at radius 2 is 2.06 bits per heavy atom. The number of hydrogen-bond acceptors (Lipinski definition) is 3. The third-order valence-corrected chi connectivity index (χ3v) is 2.27. The van der Waals surface area contributed by atoms with Gasteiger partial charge < -0.3 is 9.47 Å². The number of carbonyl (C=O) groups is 1. The highest BCUT2D eigenvalue weighted by Crippen LogP contribution is 2.17. The fourth-order valence-electron chi connectivity index (χ4n) is 1.41. The first-order valence-corrected chi connectivity index (χ1v) is 6.01. The molecule has 18 heavy (non-hydrogen) atoms. The first kappa shape index (κ1) is 14.6. The summed E-state index contributed by atoms with van der Waals surface area (Å²) in [6.07, 6.45) is 0. The highest BCUT2D eigenvalue weighted by atomic mass is 19.1. The van der Waals surface area contributed by atoms with Crippen molar-refractivity contribution in [1.29, 1.82) is 0 Å². The molecule has 0 aliphatic rings. The van der Waals surface area contributed by atoms with Crippen molar-refractivity contribution in [2.45, 2.75) is 20.8 Å². The van der Waals surface area contributed by atoms with Crippen molar-refractivity contribution in [2.24, 2.45) is 5.92 Å². The first-order chi connectivity index (χ1) is 8.50. The van der Waals surface area contributed by atoms with Gasteiger partial charge in [-0.2, -0.15) is 0 Å². The van der Waals surface area contributed by atoms with E-state index in [0.29, 0.717) is 31.5 Å². The zero-order valence-corrected chi connectivity index (χ0v) is 11.0. The fourth-order valence-corrected chi connectivity index (χ4v) is 1.41. The second-order valence-corrected chi connectivity index (χ2v) is 4.52. The quantitative estimate of drug-likeness (QED) is 0.554. The van der Waals surface area contributed by atoms with E-state index in [1.807, 2.05) is 0 Å². The molecule has 0 unspecified atom stereocenters. The lowest BCUT2D eigenvalue weighted by atomic mass is 10.1. The van der Waals surface area contributed by atoms with E-state index in [4.69, 9.17) is 9.47 Å². The molecule has 100 valence electrons. The minimum Gasteiger partial charge on any atom is -0.491 e. The Bertz CT molecular complexity index is 402. The molecule has 0 bridgehead atoms. The maximum Gasteiger partial charge on any atom is 0.162 e. The molecule has 0 heterocycles. The third kappa shape index (κ3) is 4.84. The molecule has 4 heteroatoms. The van der Waals surface area contributed by atoms with Gasteiger partial charge in [0, 0.05) is 12.7 Å². The molecule has 3 nitrogen and oxygen atoms in total. The summed E-state index contributed by atoms with van der Waals surface area (Å²) in [4.78, 5) is 11.0. The highest BCUT2D eigenvalue weighted by molar-refractivity contribution is 5.94. The van der Waals surface area contributed by atoms with Crippen LogP contribution >= 0.6 is 0 Å². The van der Waals surface area contributed by atoms with Crippen LogP contribution in [0.2, 0.25) is 0 Å². The average molecular weight is 254 g/mol. The Labute approximate surface area is 107 Å². The molecule has 0 aliphatic carbocycles. The van der Waals surface area contributed by atoms with Crippen LogP contribution in [0.4, 0.5) is 4.39 Å². The number of ether oxygens (including phenoxy) is 2. The van der Waals surface area contributed by atoms with E-state index in [0.717, 1.165) is 0 Å². The second-order valence-electron chi connectivity index (χ2n) is 4.52. The average Bonchev–Trinajstić information content (AvgIpc) is 2.27. The van der Waals surface area contributed by atoms with Crippen molar-refractivity contribution in [1.82, 2.24) is 0 Å². The summed E-state index contributed by atoms with van der Waals surface area (Å²) >= 11 is 0. The maximum atomic E-state index is 13.4. The highest BCUT2D eigenvalue weighted by Gasteiger charge is 2.08. The fraction of sp³-hybridized carbons (Fsp3) is 0.500. The molecule has 0 saturated carbocycles. The predicted octanol–water partition coefficient (Wildman–Crippen LogP) is 3.08. The largest absolute Gasteiger partial charge is 0.491 e. The van der Waals surface area contributed by atoms with Crippen LogP contribution in [-0.2, 0) is 4.74 Å². The lowest BCUT2D eigenvalue weighted by Crippen LogP contribution is -2.10. The lowest BCUT2D eigenvalue weighted by molar-refractivity contribution is 0.0818. The van der Waals surface area contributed by atoms with Gasteiger partial charge in [-0.05, 0) is 25.0 Å². The Balaban J connectivity index is 2.39. The van der Waals surface area contributed by atoms with Crippen molar-refractivity contribution in [2.75, 3.05) is 19.8 Å². The molecule has 0 N–H and O–H groups in total. The summed E-state index contributed by atoms with van der Waals surface area (Å²) in [7, 11) is 0. The van der Waals surface area contributed by atoms with Crippen LogP contribution in [0, 0.1) is 11.7 Å². The number of ketones is 1. The van der Waals surface area contributed by atoms with Gasteiger partial charge in [0.1, 0.15) is 18.2 Å². The summed E-state index contributed by atoms with van der Waals surface area (Å²) < 4.78 is 24.1. The topological polar surface area (TPSA) is 35.5 Å². The molecule has 0 fully saturated rings. The normalized spacial score (nSPS) is 10.7. The summed E-state index contributed by atoms with van der Waals surface area (Å²) in [5, 5.41) is 0. The third-order valence-electron chi connectivity index (χ3n) is 2.27. The van der Waals surface area contributed by atoms with Gasteiger partial charge in [0.05, 0.1) is 12.2 Å². The Kier molecular flexibility index (Phi) is 5.78. The minimum atomic E-state index is -0.553. The number of carbonyl (C=O) groups excluding carboxylic acids is 1.